The van der Waals surface area contributed by atoms with Gasteiger partial charge in [0.2, 0.25) is 11.8 Å². The molecule has 0 spiro atoms. The average Bonchev–Trinajstić information content (AvgIpc) is 2.87. The van der Waals surface area contributed by atoms with E-state index in [-0.39, 0.29) is 11.8 Å². The van der Waals surface area contributed by atoms with Crippen molar-refractivity contribution in [1.82, 2.24) is 10.2 Å². The molecule has 0 saturated carbocycles. The molecular formula is C15H26N2O4. The number of likely N-dealkylation sites (tertiary alicyclic amines) is 1. The van der Waals surface area contributed by atoms with Crippen LogP contribution in [0.25, 0.3) is 0 Å². The molecule has 2 amide bonds. The van der Waals surface area contributed by atoms with Gasteiger partial charge in [-0.25, -0.2) is 0 Å². The molecule has 0 bridgehead atoms. The van der Waals surface area contributed by atoms with E-state index in [0.29, 0.717) is 32.4 Å². The molecule has 1 atom stereocenters. The molecule has 6 heteroatoms. The smallest absolute Gasteiger partial charge is 0.309 e. The number of amides is 2. The quantitative estimate of drug-likeness (QED) is 0.743. The van der Waals surface area contributed by atoms with Crippen LogP contribution in [0.1, 0.15) is 52.9 Å². The van der Waals surface area contributed by atoms with Crippen LogP contribution in [0, 0.1) is 5.41 Å². The molecule has 0 aromatic rings. The van der Waals surface area contributed by atoms with Crippen molar-refractivity contribution >= 4 is 17.8 Å². The molecule has 1 heterocycles. The molecule has 1 fully saturated rings. The highest BCUT2D eigenvalue weighted by Crippen LogP contribution is 2.21. The van der Waals surface area contributed by atoms with Crippen LogP contribution in [0.2, 0.25) is 0 Å². The standard InChI is InChI=1S/C15H26N2O4/c1-4-6-12(18)17-10-5-7-11(17)13(19)16-9-8-15(2,3)14(20)21/h11H,4-10H2,1-3H3,(H,16,19)(H,20,21). The number of rotatable bonds is 7. The Labute approximate surface area is 125 Å². The van der Waals surface area contributed by atoms with E-state index in [2.05, 4.69) is 5.32 Å². The van der Waals surface area contributed by atoms with Crippen LogP contribution < -0.4 is 5.32 Å². The van der Waals surface area contributed by atoms with Gasteiger partial charge < -0.3 is 15.3 Å². The number of carbonyl (C=O) groups excluding carboxylic acids is 2. The lowest BCUT2D eigenvalue weighted by atomic mass is 9.89. The molecule has 21 heavy (non-hydrogen) atoms. The van der Waals surface area contributed by atoms with Gasteiger partial charge in [-0.2, -0.15) is 0 Å². The Morgan fingerprint density at radius 2 is 2.00 bits per heavy atom. The maximum Gasteiger partial charge on any atom is 0.309 e. The molecule has 1 unspecified atom stereocenters. The zero-order chi connectivity index (χ0) is 16.0. The Bertz CT molecular complexity index is 406. The summed E-state index contributed by atoms with van der Waals surface area (Å²) < 4.78 is 0. The molecule has 2 N–H and O–H groups in total. The van der Waals surface area contributed by atoms with Gasteiger partial charge in [0.15, 0.2) is 0 Å². The lowest BCUT2D eigenvalue weighted by molar-refractivity contribution is -0.147. The number of hydrogen-bond donors (Lipinski definition) is 2. The van der Waals surface area contributed by atoms with Crippen molar-refractivity contribution in [3.63, 3.8) is 0 Å². The van der Waals surface area contributed by atoms with Crippen molar-refractivity contribution in [2.24, 2.45) is 5.41 Å². The van der Waals surface area contributed by atoms with Crippen molar-refractivity contribution < 1.29 is 19.5 Å². The van der Waals surface area contributed by atoms with Gasteiger partial charge in [-0.05, 0) is 39.5 Å². The molecule has 0 aliphatic carbocycles. The molecule has 1 rings (SSSR count). The molecule has 120 valence electrons. The van der Waals surface area contributed by atoms with Crippen molar-refractivity contribution in [2.75, 3.05) is 13.1 Å². The van der Waals surface area contributed by atoms with E-state index >= 15 is 0 Å². The third kappa shape index (κ3) is 4.72. The maximum absolute atomic E-state index is 12.2. The Balaban J connectivity index is 2.48. The topological polar surface area (TPSA) is 86.7 Å². The highest BCUT2D eigenvalue weighted by Gasteiger charge is 2.34. The van der Waals surface area contributed by atoms with E-state index in [4.69, 9.17) is 5.11 Å². The van der Waals surface area contributed by atoms with Gasteiger partial charge in [0.1, 0.15) is 6.04 Å². The summed E-state index contributed by atoms with van der Waals surface area (Å²) in [5, 5.41) is 11.8. The van der Waals surface area contributed by atoms with Crippen molar-refractivity contribution in [2.45, 2.75) is 58.9 Å². The lowest BCUT2D eigenvalue weighted by Gasteiger charge is -2.25. The zero-order valence-corrected chi connectivity index (χ0v) is 13.1. The number of carboxylic acid groups (broad SMARTS) is 1. The Morgan fingerprint density at radius 3 is 2.57 bits per heavy atom. The van der Waals surface area contributed by atoms with Crippen LogP contribution in [0.4, 0.5) is 0 Å². The fourth-order valence-corrected chi connectivity index (χ4v) is 2.42. The minimum absolute atomic E-state index is 0.0287. The number of nitrogens with one attached hydrogen (secondary N) is 1. The molecule has 1 aliphatic heterocycles. The summed E-state index contributed by atoms with van der Waals surface area (Å²) in [5.41, 5.74) is -0.860. The third-order valence-corrected chi connectivity index (χ3v) is 3.97. The number of carbonyl (C=O) groups is 3. The van der Waals surface area contributed by atoms with Gasteiger partial charge in [-0.1, -0.05) is 6.92 Å². The highest BCUT2D eigenvalue weighted by molar-refractivity contribution is 5.88. The molecule has 1 saturated heterocycles. The SMILES string of the molecule is CCCC(=O)N1CCCC1C(=O)NCCC(C)(C)C(=O)O. The first-order chi connectivity index (χ1) is 9.79. The maximum atomic E-state index is 12.2. The number of nitrogens with zero attached hydrogens (tertiary/aromatic N) is 1. The molecule has 0 aromatic heterocycles. The fraction of sp³-hybridized carbons (Fsp3) is 0.800. The Kier molecular flexibility index (Phi) is 6.18. The van der Waals surface area contributed by atoms with Crippen LogP contribution in [0.15, 0.2) is 0 Å². The minimum atomic E-state index is -0.877. The predicted molar refractivity (Wildman–Crippen MR) is 78.7 cm³/mol. The van der Waals surface area contributed by atoms with E-state index in [0.717, 1.165) is 12.8 Å². The first kappa shape index (κ1) is 17.5. The monoisotopic (exact) mass is 298 g/mol. The molecular weight excluding hydrogens is 272 g/mol. The van der Waals surface area contributed by atoms with Crippen LogP contribution in [0.5, 0.6) is 0 Å². The largest absolute Gasteiger partial charge is 0.481 e. The van der Waals surface area contributed by atoms with E-state index < -0.39 is 17.4 Å². The lowest BCUT2D eigenvalue weighted by Crippen LogP contribution is -2.46. The first-order valence-corrected chi connectivity index (χ1v) is 7.60. The van der Waals surface area contributed by atoms with E-state index in [1.165, 1.54) is 0 Å². The van der Waals surface area contributed by atoms with Gasteiger partial charge in [-0.3, -0.25) is 14.4 Å². The molecule has 0 aromatic carbocycles. The molecule has 1 aliphatic rings. The normalized spacial score (nSPS) is 18.6. The van der Waals surface area contributed by atoms with Gasteiger partial charge in [0.05, 0.1) is 5.41 Å². The summed E-state index contributed by atoms with van der Waals surface area (Å²) >= 11 is 0. The van der Waals surface area contributed by atoms with Crippen molar-refractivity contribution in [1.29, 1.82) is 0 Å². The summed E-state index contributed by atoms with van der Waals surface area (Å²) in [4.78, 5) is 36.8. The zero-order valence-electron chi connectivity index (χ0n) is 13.1. The second-order valence-corrected chi connectivity index (χ2v) is 6.23. The molecule has 6 nitrogen and oxygen atoms in total. The number of hydrogen-bond acceptors (Lipinski definition) is 3. The third-order valence-electron chi connectivity index (χ3n) is 3.97. The first-order valence-electron chi connectivity index (χ1n) is 7.60. The van der Waals surface area contributed by atoms with Crippen LogP contribution in [-0.2, 0) is 14.4 Å². The Morgan fingerprint density at radius 1 is 1.33 bits per heavy atom. The summed E-state index contributed by atoms with van der Waals surface area (Å²) in [6.07, 6.45) is 3.13. The second kappa shape index (κ2) is 7.43. The van der Waals surface area contributed by atoms with Crippen LogP contribution >= 0.6 is 0 Å². The van der Waals surface area contributed by atoms with Crippen molar-refractivity contribution in [3.8, 4) is 0 Å². The fourth-order valence-electron chi connectivity index (χ4n) is 2.42. The van der Waals surface area contributed by atoms with E-state index in [1.807, 2.05) is 6.92 Å². The highest BCUT2D eigenvalue weighted by atomic mass is 16.4. The summed E-state index contributed by atoms with van der Waals surface area (Å²) in [5.74, 6) is -1.02. The number of carboxylic acids is 1. The van der Waals surface area contributed by atoms with Crippen LogP contribution in [0.3, 0.4) is 0 Å². The van der Waals surface area contributed by atoms with Gasteiger partial charge in [0.25, 0.3) is 0 Å². The van der Waals surface area contributed by atoms with E-state index in [9.17, 15) is 14.4 Å². The van der Waals surface area contributed by atoms with Gasteiger partial charge in [-0.15, -0.1) is 0 Å². The second-order valence-electron chi connectivity index (χ2n) is 6.23. The van der Waals surface area contributed by atoms with E-state index in [1.54, 1.807) is 18.7 Å². The van der Waals surface area contributed by atoms with Crippen LogP contribution in [-0.4, -0.2) is 46.9 Å². The van der Waals surface area contributed by atoms with Gasteiger partial charge >= 0.3 is 5.97 Å². The predicted octanol–water partition coefficient (Wildman–Crippen LogP) is 1.39. The summed E-state index contributed by atoms with van der Waals surface area (Å²) in [6, 6.07) is -0.392. The summed E-state index contributed by atoms with van der Waals surface area (Å²) in [6.45, 7) is 6.15. The van der Waals surface area contributed by atoms with Crippen molar-refractivity contribution in [3.05, 3.63) is 0 Å². The Hall–Kier alpha value is -1.59. The minimum Gasteiger partial charge on any atom is -0.481 e. The number of aliphatic carboxylic acids is 1. The molecule has 0 radical (unpaired) electrons. The average molecular weight is 298 g/mol. The summed E-state index contributed by atoms with van der Waals surface area (Å²) in [7, 11) is 0. The van der Waals surface area contributed by atoms with Gasteiger partial charge in [0, 0.05) is 19.5 Å².